The van der Waals surface area contributed by atoms with Crippen LogP contribution in [-0.2, 0) is 4.74 Å². The summed E-state index contributed by atoms with van der Waals surface area (Å²) in [6.07, 6.45) is 0. The molecule has 0 aliphatic heterocycles. The lowest BCUT2D eigenvalue weighted by molar-refractivity contribution is -0.384. The number of anilines is 1. The number of nitro groups is 1. The maximum Gasteiger partial charge on any atom is 0.336 e. The summed E-state index contributed by atoms with van der Waals surface area (Å²) in [7, 11) is 1.59. The maximum absolute atomic E-state index is 12.5. The number of rotatable bonds is 9. The predicted molar refractivity (Wildman–Crippen MR) is 123 cm³/mol. The van der Waals surface area contributed by atoms with Crippen LogP contribution in [0.4, 0.5) is 11.4 Å². The Bertz CT molecular complexity index is 1250. The maximum atomic E-state index is 12.5. The first-order chi connectivity index (χ1) is 16.0. The number of aromatic nitrogens is 3. The molecule has 0 unspecified atom stereocenters. The predicted octanol–water partition coefficient (Wildman–Crippen LogP) is 4.18. The van der Waals surface area contributed by atoms with Crippen molar-refractivity contribution in [2.75, 3.05) is 25.6 Å². The second-order valence-electron chi connectivity index (χ2n) is 6.76. The van der Waals surface area contributed by atoms with Crippen molar-refractivity contribution in [3.63, 3.8) is 0 Å². The van der Waals surface area contributed by atoms with E-state index in [1.165, 1.54) is 35.6 Å². The second-order valence-corrected chi connectivity index (χ2v) is 7.70. The highest BCUT2D eigenvalue weighted by Gasteiger charge is 2.16. The Morgan fingerprint density at radius 1 is 1.15 bits per heavy atom. The summed E-state index contributed by atoms with van der Waals surface area (Å²) in [5.74, 6) is 0.186. The van der Waals surface area contributed by atoms with E-state index in [-0.39, 0.29) is 17.3 Å². The molecule has 0 fully saturated rings. The minimum absolute atomic E-state index is 0.145. The average Bonchev–Trinajstić information content (AvgIpc) is 3.50. The molecule has 0 saturated carbocycles. The first-order valence-corrected chi connectivity index (χ1v) is 10.7. The number of non-ortho nitro benzene ring substituents is 1. The standard InChI is InChI=1S/C22H19N5O5S/c1-31-11-12-32-22-24-20(19-6-3-13-33-19)26(25-22)17-9-7-16(8-10-17)23-21(28)15-4-2-5-18(14-15)27(29)30/h2-10,13-14H,11-12H2,1H3,(H,23,28). The number of nitro benzene ring substituents is 1. The molecule has 0 aliphatic rings. The van der Waals surface area contributed by atoms with Crippen LogP contribution in [0, 0.1) is 10.1 Å². The van der Waals surface area contributed by atoms with Gasteiger partial charge < -0.3 is 14.8 Å². The Morgan fingerprint density at radius 3 is 2.67 bits per heavy atom. The normalized spacial score (nSPS) is 10.7. The zero-order chi connectivity index (χ0) is 23.2. The lowest BCUT2D eigenvalue weighted by Crippen LogP contribution is -2.12. The molecule has 11 heteroatoms. The smallest absolute Gasteiger partial charge is 0.336 e. The zero-order valence-corrected chi connectivity index (χ0v) is 18.3. The molecule has 1 amide bonds. The van der Waals surface area contributed by atoms with Gasteiger partial charge in [0.1, 0.15) is 6.61 Å². The van der Waals surface area contributed by atoms with E-state index < -0.39 is 10.8 Å². The van der Waals surface area contributed by atoms with Crippen LogP contribution < -0.4 is 10.1 Å². The van der Waals surface area contributed by atoms with Gasteiger partial charge in [-0.15, -0.1) is 16.4 Å². The van der Waals surface area contributed by atoms with E-state index in [1.54, 1.807) is 36.1 Å². The van der Waals surface area contributed by atoms with Gasteiger partial charge in [-0.1, -0.05) is 12.1 Å². The van der Waals surface area contributed by atoms with Crippen molar-refractivity contribution in [1.82, 2.24) is 14.8 Å². The molecule has 0 spiro atoms. The molecule has 4 rings (SSSR count). The van der Waals surface area contributed by atoms with Crippen LogP contribution in [0.1, 0.15) is 10.4 Å². The number of hydrogen-bond donors (Lipinski definition) is 1. The van der Waals surface area contributed by atoms with Gasteiger partial charge in [-0.2, -0.15) is 4.98 Å². The van der Waals surface area contributed by atoms with Crippen molar-refractivity contribution in [2.24, 2.45) is 0 Å². The molecule has 168 valence electrons. The monoisotopic (exact) mass is 465 g/mol. The van der Waals surface area contributed by atoms with Crippen LogP contribution in [0.15, 0.2) is 66.0 Å². The number of nitrogens with zero attached hydrogens (tertiary/aromatic N) is 4. The number of amides is 1. The molecule has 0 bridgehead atoms. The Morgan fingerprint density at radius 2 is 1.97 bits per heavy atom. The van der Waals surface area contributed by atoms with Gasteiger partial charge in [0.2, 0.25) is 0 Å². The van der Waals surface area contributed by atoms with E-state index in [1.807, 2.05) is 17.5 Å². The van der Waals surface area contributed by atoms with Gasteiger partial charge in [-0.3, -0.25) is 14.9 Å². The topological polar surface area (TPSA) is 121 Å². The Labute approximate surface area is 192 Å². The fourth-order valence-electron chi connectivity index (χ4n) is 2.97. The summed E-state index contributed by atoms with van der Waals surface area (Å²) in [5, 5.41) is 20.1. The van der Waals surface area contributed by atoms with Crippen molar-refractivity contribution in [3.05, 3.63) is 81.7 Å². The van der Waals surface area contributed by atoms with Crippen LogP contribution >= 0.6 is 11.3 Å². The molecular weight excluding hydrogens is 446 g/mol. The van der Waals surface area contributed by atoms with Gasteiger partial charge in [0.25, 0.3) is 11.6 Å². The van der Waals surface area contributed by atoms with E-state index in [0.717, 1.165) is 10.6 Å². The van der Waals surface area contributed by atoms with Gasteiger partial charge in [0.05, 0.1) is 22.1 Å². The number of benzene rings is 2. The Hall–Kier alpha value is -4.09. The molecule has 2 aromatic carbocycles. The summed E-state index contributed by atoms with van der Waals surface area (Å²) in [6, 6.07) is 16.7. The molecule has 10 nitrogen and oxygen atoms in total. The molecule has 1 N–H and O–H groups in total. The van der Waals surface area contributed by atoms with E-state index in [2.05, 4.69) is 15.4 Å². The minimum Gasteiger partial charge on any atom is -0.460 e. The van der Waals surface area contributed by atoms with Crippen molar-refractivity contribution in [1.29, 1.82) is 0 Å². The third-order valence-corrected chi connectivity index (χ3v) is 5.40. The summed E-state index contributed by atoms with van der Waals surface area (Å²) in [6.45, 7) is 0.745. The van der Waals surface area contributed by atoms with Gasteiger partial charge in [-0.25, -0.2) is 4.68 Å². The lowest BCUT2D eigenvalue weighted by atomic mass is 10.2. The highest BCUT2D eigenvalue weighted by molar-refractivity contribution is 7.13. The highest BCUT2D eigenvalue weighted by atomic mass is 32.1. The fraction of sp³-hybridized carbons (Fsp3) is 0.136. The molecule has 0 saturated heterocycles. The number of carbonyl (C=O) groups excluding carboxylic acids is 1. The quantitative estimate of drug-likeness (QED) is 0.223. The van der Waals surface area contributed by atoms with Gasteiger partial charge in [-0.05, 0) is 41.8 Å². The van der Waals surface area contributed by atoms with Crippen LogP contribution in [-0.4, -0.2) is 45.9 Å². The second kappa shape index (κ2) is 10.0. The van der Waals surface area contributed by atoms with Crippen LogP contribution in [0.5, 0.6) is 6.01 Å². The summed E-state index contributed by atoms with van der Waals surface area (Å²) >= 11 is 1.53. The van der Waals surface area contributed by atoms with Crippen LogP contribution in [0.3, 0.4) is 0 Å². The Kier molecular flexibility index (Phi) is 6.72. The van der Waals surface area contributed by atoms with Crippen molar-refractivity contribution < 1.29 is 19.2 Å². The number of nitrogens with one attached hydrogen (secondary N) is 1. The number of carbonyl (C=O) groups is 1. The lowest BCUT2D eigenvalue weighted by Gasteiger charge is -2.08. The number of hydrogen-bond acceptors (Lipinski definition) is 8. The van der Waals surface area contributed by atoms with E-state index >= 15 is 0 Å². The molecule has 33 heavy (non-hydrogen) atoms. The van der Waals surface area contributed by atoms with Crippen molar-refractivity contribution in [2.45, 2.75) is 0 Å². The van der Waals surface area contributed by atoms with E-state index in [0.29, 0.717) is 24.7 Å². The first-order valence-electron chi connectivity index (χ1n) is 9.84. The van der Waals surface area contributed by atoms with Gasteiger partial charge in [0.15, 0.2) is 5.82 Å². The molecule has 4 aromatic rings. The molecule has 0 atom stereocenters. The fourth-order valence-corrected chi connectivity index (χ4v) is 3.66. The zero-order valence-electron chi connectivity index (χ0n) is 17.5. The van der Waals surface area contributed by atoms with Gasteiger partial charge in [0, 0.05) is 30.5 Å². The summed E-state index contributed by atoms with van der Waals surface area (Å²) in [4.78, 5) is 28.3. The highest BCUT2D eigenvalue weighted by Crippen LogP contribution is 2.28. The largest absolute Gasteiger partial charge is 0.460 e. The number of ether oxygens (including phenoxy) is 2. The van der Waals surface area contributed by atoms with Crippen molar-refractivity contribution in [3.8, 4) is 22.4 Å². The first kappa shape index (κ1) is 22.1. The molecule has 0 radical (unpaired) electrons. The molecule has 2 heterocycles. The van der Waals surface area contributed by atoms with Crippen molar-refractivity contribution >= 4 is 28.6 Å². The van der Waals surface area contributed by atoms with Crippen LogP contribution in [0.2, 0.25) is 0 Å². The molecule has 0 aliphatic carbocycles. The molecular formula is C22H19N5O5S. The summed E-state index contributed by atoms with van der Waals surface area (Å²) in [5.41, 5.74) is 1.31. The third kappa shape index (κ3) is 5.22. The van der Waals surface area contributed by atoms with E-state index in [4.69, 9.17) is 9.47 Å². The average molecular weight is 465 g/mol. The third-order valence-electron chi connectivity index (χ3n) is 4.54. The van der Waals surface area contributed by atoms with E-state index in [9.17, 15) is 14.9 Å². The SMILES string of the molecule is COCCOc1nc(-c2cccs2)n(-c2ccc(NC(=O)c3cccc([N+](=O)[O-])c3)cc2)n1. The van der Waals surface area contributed by atoms with Gasteiger partial charge >= 0.3 is 6.01 Å². The summed E-state index contributed by atoms with van der Waals surface area (Å²) < 4.78 is 12.2. The Balaban J connectivity index is 1.55. The van der Waals surface area contributed by atoms with Crippen LogP contribution in [0.25, 0.3) is 16.4 Å². The number of thiophene rings is 1. The minimum atomic E-state index is -0.540. The number of methoxy groups -OCH3 is 1. The molecule has 2 aromatic heterocycles.